The normalized spacial score (nSPS) is 13.6. The molecule has 156 valence electrons. The molecule has 0 unspecified atom stereocenters. The van der Waals surface area contributed by atoms with Gasteiger partial charge in [0, 0.05) is 6.07 Å². The predicted octanol–water partition coefficient (Wildman–Crippen LogP) is 4.87. The molecule has 3 aromatic rings. The Hall–Kier alpha value is -3.93. The van der Waals surface area contributed by atoms with E-state index in [1.165, 1.54) is 12.1 Å². The van der Waals surface area contributed by atoms with Gasteiger partial charge < -0.3 is 14.2 Å². The molecule has 0 aromatic heterocycles. The maximum Gasteiger partial charge on any atom is 0.344 e. The van der Waals surface area contributed by atoms with E-state index in [1.54, 1.807) is 37.3 Å². The van der Waals surface area contributed by atoms with Crippen molar-refractivity contribution < 1.29 is 28.2 Å². The average Bonchev–Trinajstić information content (AvgIpc) is 3.08. The number of benzene rings is 3. The minimum absolute atomic E-state index is 0.143. The largest absolute Gasteiger partial charge is 0.482 e. The topological polar surface area (TPSA) is 61.8 Å². The van der Waals surface area contributed by atoms with E-state index in [1.807, 2.05) is 30.3 Å². The van der Waals surface area contributed by atoms with Gasteiger partial charge in [-0.05, 0) is 47.9 Å². The Labute approximate surface area is 178 Å². The zero-order chi connectivity index (χ0) is 21.8. The summed E-state index contributed by atoms with van der Waals surface area (Å²) in [6.45, 7) is 1.67. The summed E-state index contributed by atoms with van der Waals surface area (Å²) < 4.78 is 29.5. The highest BCUT2D eigenvalue weighted by Crippen LogP contribution is 2.37. The lowest BCUT2D eigenvalue weighted by Crippen LogP contribution is -2.14. The summed E-state index contributed by atoms with van der Waals surface area (Å²) in [6, 6.07) is 18.3. The van der Waals surface area contributed by atoms with Crippen molar-refractivity contribution in [2.75, 3.05) is 6.61 Å². The summed E-state index contributed by atoms with van der Waals surface area (Å²) in [4.78, 5) is 24.7. The highest BCUT2D eigenvalue weighted by Gasteiger charge is 2.30. The number of esters is 1. The Morgan fingerprint density at radius 1 is 1.06 bits per heavy atom. The molecule has 5 nitrogen and oxygen atoms in total. The molecule has 0 bridgehead atoms. The molecular weight excluding hydrogens is 399 g/mol. The van der Waals surface area contributed by atoms with Crippen molar-refractivity contribution in [2.24, 2.45) is 0 Å². The summed E-state index contributed by atoms with van der Waals surface area (Å²) in [5, 5.41) is 0. The van der Waals surface area contributed by atoms with E-state index in [0.717, 1.165) is 5.56 Å². The van der Waals surface area contributed by atoms with Gasteiger partial charge in [0.05, 0.1) is 5.56 Å². The standard InChI is InChI=1S/C25H19FO5/c1-16-11-20(29-15-23(27)30-14-18-5-3-2-4-6-18)13-21-24(16)25(28)22(31-21)12-17-7-9-19(26)10-8-17/h2-13H,14-15H2,1H3/b22-12-. The Bertz CT molecular complexity index is 1150. The van der Waals surface area contributed by atoms with Crippen LogP contribution in [0, 0.1) is 12.7 Å². The summed E-state index contributed by atoms with van der Waals surface area (Å²) in [6.07, 6.45) is 1.56. The third-order valence-electron chi connectivity index (χ3n) is 4.71. The van der Waals surface area contributed by atoms with Crippen LogP contribution in [0.25, 0.3) is 6.08 Å². The lowest BCUT2D eigenvalue weighted by Gasteiger charge is -2.09. The second-order valence-electron chi connectivity index (χ2n) is 7.04. The van der Waals surface area contributed by atoms with E-state index in [9.17, 15) is 14.0 Å². The third kappa shape index (κ3) is 4.80. The number of carbonyl (C=O) groups is 2. The number of fused-ring (bicyclic) bond motifs is 1. The SMILES string of the molecule is Cc1cc(OCC(=O)OCc2ccccc2)cc2c1C(=O)/C(=C/c1ccc(F)cc1)O2. The molecule has 1 heterocycles. The smallest absolute Gasteiger partial charge is 0.344 e. The Morgan fingerprint density at radius 3 is 2.55 bits per heavy atom. The van der Waals surface area contributed by atoms with Crippen LogP contribution in [0.4, 0.5) is 4.39 Å². The fourth-order valence-corrected chi connectivity index (χ4v) is 3.19. The molecule has 3 aromatic carbocycles. The van der Waals surface area contributed by atoms with E-state index >= 15 is 0 Å². The first kappa shape index (κ1) is 20.3. The quantitative estimate of drug-likeness (QED) is 0.422. The molecule has 0 saturated carbocycles. The first-order chi connectivity index (χ1) is 15.0. The van der Waals surface area contributed by atoms with Gasteiger partial charge in [0.25, 0.3) is 0 Å². The van der Waals surface area contributed by atoms with Crippen LogP contribution in [0.3, 0.4) is 0 Å². The molecular formula is C25H19FO5. The number of ketones is 1. The molecule has 6 heteroatoms. The second kappa shape index (κ2) is 8.83. The van der Waals surface area contributed by atoms with Gasteiger partial charge in [0.1, 0.15) is 23.9 Å². The first-order valence-corrected chi connectivity index (χ1v) is 9.66. The number of rotatable bonds is 6. The number of carbonyl (C=O) groups excluding carboxylic acids is 2. The summed E-state index contributed by atoms with van der Waals surface area (Å²) in [5.41, 5.74) is 2.63. The van der Waals surface area contributed by atoms with Crippen LogP contribution in [0.5, 0.6) is 11.5 Å². The van der Waals surface area contributed by atoms with Gasteiger partial charge >= 0.3 is 5.97 Å². The second-order valence-corrected chi connectivity index (χ2v) is 7.04. The number of Topliss-reactive ketones (excluding diaryl/α,β-unsaturated/α-hetero) is 1. The van der Waals surface area contributed by atoms with Gasteiger partial charge in [-0.1, -0.05) is 42.5 Å². The zero-order valence-electron chi connectivity index (χ0n) is 16.8. The van der Waals surface area contributed by atoms with Gasteiger partial charge in [-0.25, -0.2) is 9.18 Å². The summed E-state index contributed by atoms with van der Waals surface area (Å²) >= 11 is 0. The van der Waals surface area contributed by atoms with E-state index < -0.39 is 5.97 Å². The monoisotopic (exact) mass is 418 g/mol. The maximum absolute atomic E-state index is 13.1. The highest BCUT2D eigenvalue weighted by molar-refractivity contribution is 6.15. The van der Waals surface area contributed by atoms with Crippen LogP contribution >= 0.6 is 0 Å². The van der Waals surface area contributed by atoms with Crippen molar-refractivity contribution >= 4 is 17.8 Å². The molecule has 0 amide bonds. The summed E-state index contributed by atoms with van der Waals surface area (Å²) in [7, 11) is 0. The van der Waals surface area contributed by atoms with E-state index in [0.29, 0.717) is 28.2 Å². The molecule has 0 N–H and O–H groups in total. The summed E-state index contributed by atoms with van der Waals surface area (Å²) in [5.74, 6) is -0.232. The highest BCUT2D eigenvalue weighted by atomic mass is 19.1. The molecule has 4 rings (SSSR count). The Balaban J connectivity index is 1.41. The van der Waals surface area contributed by atoms with Crippen molar-refractivity contribution in [1.29, 1.82) is 0 Å². The molecule has 0 atom stereocenters. The first-order valence-electron chi connectivity index (χ1n) is 9.66. The molecule has 0 saturated heterocycles. The lowest BCUT2D eigenvalue weighted by atomic mass is 10.0. The number of hydrogen-bond acceptors (Lipinski definition) is 5. The van der Waals surface area contributed by atoms with Crippen LogP contribution in [-0.2, 0) is 16.1 Å². The van der Waals surface area contributed by atoms with Crippen molar-refractivity contribution in [3.8, 4) is 11.5 Å². The third-order valence-corrected chi connectivity index (χ3v) is 4.71. The number of hydrogen-bond donors (Lipinski definition) is 0. The van der Waals surface area contributed by atoms with E-state index in [-0.39, 0.29) is 30.6 Å². The number of halogens is 1. The molecule has 0 radical (unpaired) electrons. The van der Waals surface area contributed by atoms with Gasteiger partial charge in [-0.15, -0.1) is 0 Å². The molecule has 0 aliphatic carbocycles. The van der Waals surface area contributed by atoms with Gasteiger partial charge in [-0.2, -0.15) is 0 Å². The van der Waals surface area contributed by atoms with Crippen molar-refractivity contribution in [3.63, 3.8) is 0 Å². The van der Waals surface area contributed by atoms with E-state index in [2.05, 4.69) is 0 Å². The molecule has 1 aliphatic rings. The van der Waals surface area contributed by atoms with Gasteiger partial charge in [-0.3, -0.25) is 4.79 Å². The fraction of sp³-hybridized carbons (Fsp3) is 0.120. The minimum atomic E-state index is -0.504. The number of aryl methyl sites for hydroxylation is 1. The molecule has 31 heavy (non-hydrogen) atoms. The zero-order valence-corrected chi connectivity index (χ0v) is 16.8. The number of allylic oxidation sites excluding steroid dienone is 1. The van der Waals surface area contributed by atoms with Crippen LogP contribution in [0.1, 0.15) is 27.0 Å². The maximum atomic E-state index is 13.1. The van der Waals surface area contributed by atoms with Gasteiger partial charge in [0.15, 0.2) is 12.4 Å². The predicted molar refractivity (Wildman–Crippen MR) is 112 cm³/mol. The van der Waals surface area contributed by atoms with Crippen LogP contribution < -0.4 is 9.47 Å². The molecule has 0 spiro atoms. The van der Waals surface area contributed by atoms with Crippen molar-refractivity contribution in [3.05, 3.63) is 101 Å². The number of ether oxygens (including phenoxy) is 3. The Morgan fingerprint density at radius 2 is 1.81 bits per heavy atom. The average molecular weight is 418 g/mol. The van der Waals surface area contributed by atoms with Crippen molar-refractivity contribution in [2.45, 2.75) is 13.5 Å². The van der Waals surface area contributed by atoms with E-state index in [4.69, 9.17) is 14.2 Å². The Kier molecular flexibility index (Phi) is 5.80. The van der Waals surface area contributed by atoms with Crippen LogP contribution in [-0.4, -0.2) is 18.4 Å². The van der Waals surface area contributed by atoms with Crippen LogP contribution in [0.15, 0.2) is 72.5 Å². The molecule has 0 fully saturated rings. The molecule has 1 aliphatic heterocycles. The fourth-order valence-electron chi connectivity index (χ4n) is 3.19. The minimum Gasteiger partial charge on any atom is -0.482 e. The van der Waals surface area contributed by atoms with Crippen molar-refractivity contribution in [1.82, 2.24) is 0 Å². The lowest BCUT2D eigenvalue weighted by molar-refractivity contribution is -0.147. The van der Waals surface area contributed by atoms with Crippen LogP contribution in [0.2, 0.25) is 0 Å². The van der Waals surface area contributed by atoms with Gasteiger partial charge in [0.2, 0.25) is 5.78 Å².